The van der Waals surface area contributed by atoms with E-state index in [1.165, 1.54) is 0 Å². The lowest BCUT2D eigenvalue weighted by Gasteiger charge is -2.39. The zero-order chi connectivity index (χ0) is 19.8. The summed E-state index contributed by atoms with van der Waals surface area (Å²) in [4.78, 5) is 31.7. The maximum atomic E-state index is 12.9. The molecule has 3 fully saturated rings. The molecule has 8 nitrogen and oxygen atoms in total. The average Bonchev–Trinajstić information content (AvgIpc) is 3.39. The van der Waals surface area contributed by atoms with Crippen molar-refractivity contribution in [2.45, 2.75) is 44.2 Å². The minimum atomic E-state index is -0.130. The Bertz CT molecular complexity index is 862. The third-order valence-electron chi connectivity index (χ3n) is 6.93. The van der Waals surface area contributed by atoms with Gasteiger partial charge in [0, 0.05) is 19.3 Å². The molecular formula is C21H30N6O2. The molecule has 1 N–H and O–H groups in total. The maximum absolute atomic E-state index is 12.9. The van der Waals surface area contributed by atoms with Gasteiger partial charge in [-0.1, -0.05) is 0 Å². The first kappa shape index (κ1) is 18.7. The number of anilines is 1. The van der Waals surface area contributed by atoms with E-state index in [9.17, 15) is 4.79 Å². The fraction of sp³-hybridized carbons (Fsp3) is 0.667. The number of carbonyl (C=O) groups is 1. The van der Waals surface area contributed by atoms with Crippen LogP contribution in [0.15, 0.2) is 18.6 Å². The number of likely N-dealkylation sites (tertiary alicyclic amines) is 2. The Balaban J connectivity index is 1.26. The van der Waals surface area contributed by atoms with Crippen molar-refractivity contribution in [3.63, 3.8) is 0 Å². The zero-order valence-electron chi connectivity index (χ0n) is 17.1. The Labute approximate surface area is 171 Å². The van der Waals surface area contributed by atoms with Crippen LogP contribution in [0.2, 0.25) is 0 Å². The predicted molar refractivity (Wildman–Crippen MR) is 111 cm³/mol. The Hall–Kier alpha value is -2.35. The number of amides is 1. The van der Waals surface area contributed by atoms with Gasteiger partial charge < -0.3 is 24.4 Å². The van der Waals surface area contributed by atoms with E-state index in [2.05, 4.69) is 31.8 Å². The van der Waals surface area contributed by atoms with Gasteiger partial charge >= 0.3 is 6.09 Å². The molecule has 0 unspecified atom stereocenters. The minimum Gasteiger partial charge on any atom is -0.449 e. The van der Waals surface area contributed by atoms with Gasteiger partial charge in [-0.05, 0) is 64.2 Å². The normalized spacial score (nSPS) is 26.1. The molecule has 0 radical (unpaired) electrons. The van der Waals surface area contributed by atoms with Crippen LogP contribution in [0.1, 0.15) is 32.1 Å². The van der Waals surface area contributed by atoms with E-state index in [0.29, 0.717) is 18.6 Å². The van der Waals surface area contributed by atoms with Crippen molar-refractivity contribution in [2.24, 2.45) is 5.92 Å². The molecule has 2 aromatic heterocycles. The van der Waals surface area contributed by atoms with Gasteiger partial charge in [0.2, 0.25) is 0 Å². The van der Waals surface area contributed by atoms with Crippen LogP contribution in [0, 0.1) is 5.92 Å². The average molecular weight is 399 g/mol. The third kappa shape index (κ3) is 3.54. The van der Waals surface area contributed by atoms with Crippen molar-refractivity contribution < 1.29 is 9.53 Å². The number of nitrogens with one attached hydrogen (secondary N) is 1. The quantitative estimate of drug-likeness (QED) is 0.856. The summed E-state index contributed by atoms with van der Waals surface area (Å²) in [5.74, 6) is 1.48. The number of H-pyrrole nitrogens is 1. The summed E-state index contributed by atoms with van der Waals surface area (Å²) in [6.07, 6.45) is 8.68. The molecule has 5 rings (SSSR count). The van der Waals surface area contributed by atoms with E-state index in [0.717, 1.165) is 75.1 Å². The van der Waals surface area contributed by atoms with E-state index in [1.807, 2.05) is 17.2 Å². The number of aromatic nitrogens is 3. The number of ether oxygens (including phenoxy) is 1. The number of piperidine rings is 2. The molecule has 0 aromatic carbocycles. The maximum Gasteiger partial charge on any atom is 0.410 e. The molecule has 29 heavy (non-hydrogen) atoms. The van der Waals surface area contributed by atoms with Gasteiger partial charge in [0.05, 0.1) is 24.1 Å². The van der Waals surface area contributed by atoms with Crippen LogP contribution < -0.4 is 4.90 Å². The molecule has 2 atom stereocenters. The van der Waals surface area contributed by atoms with Crippen molar-refractivity contribution >= 4 is 22.9 Å². The topological polar surface area (TPSA) is 77.6 Å². The van der Waals surface area contributed by atoms with E-state index in [4.69, 9.17) is 4.74 Å². The molecule has 1 amide bonds. The fourth-order valence-electron chi connectivity index (χ4n) is 5.26. The van der Waals surface area contributed by atoms with Crippen LogP contribution in [0.25, 0.3) is 11.0 Å². The lowest BCUT2D eigenvalue weighted by atomic mass is 9.97. The molecule has 0 spiro atoms. The molecule has 0 aliphatic carbocycles. The van der Waals surface area contributed by atoms with Crippen molar-refractivity contribution in [3.05, 3.63) is 18.6 Å². The second-order valence-corrected chi connectivity index (χ2v) is 8.71. The summed E-state index contributed by atoms with van der Waals surface area (Å²) in [6.45, 7) is 4.45. The predicted octanol–water partition coefficient (Wildman–Crippen LogP) is 2.48. The van der Waals surface area contributed by atoms with Gasteiger partial charge in [0.1, 0.15) is 17.8 Å². The van der Waals surface area contributed by atoms with Gasteiger partial charge in [0.25, 0.3) is 0 Å². The summed E-state index contributed by atoms with van der Waals surface area (Å²) < 4.78 is 5.78. The Morgan fingerprint density at radius 2 is 2.00 bits per heavy atom. The highest BCUT2D eigenvalue weighted by atomic mass is 16.6. The monoisotopic (exact) mass is 398 g/mol. The Morgan fingerprint density at radius 1 is 1.14 bits per heavy atom. The molecular weight excluding hydrogens is 368 g/mol. The highest BCUT2D eigenvalue weighted by Gasteiger charge is 2.43. The lowest BCUT2D eigenvalue weighted by Crippen LogP contribution is -2.52. The Kier molecular flexibility index (Phi) is 5.03. The second-order valence-electron chi connectivity index (χ2n) is 8.71. The van der Waals surface area contributed by atoms with Gasteiger partial charge in [-0.15, -0.1) is 0 Å². The van der Waals surface area contributed by atoms with Crippen molar-refractivity contribution in [1.82, 2.24) is 24.8 Å². The Morgan fingerprint density at radius 3 is 2.86 bits per heavy atom. The molecule has 3 aliphatic rings. The first-order valence-corrected chi connectivity index (χ1v) is 10.9. The second kappa shape index (κ2) is 7.82. The van der Waals surface area contributed by atoms with Crippen LogP contribution in [0.3, 0.4) is 0 Å². The fourth-order valence-corrected chi connectivity index (χ4v) is 5.26. The zero-order valence-corrected chi connectivity index (χ0v) is 17.1. The SMILES string of the molecule is CN1CCC(COC(=O)N2CCC[C@@H]3[C@H]2CCN3c2ncnc3[nH]ccc23)CC1. The van der Waals surface area contributed by atoms with Crippen LogP contribution in [-0.2, 0) is 4.74 Å². The molecule has 0 bridgehead atoms. The molecule has 5 heterocycles. The summed E-state index contributed by atoms with van der Waals surface area (Å²) in [6, 6.07) is 2.54. The smallest absolute Gasteiger partial charge is 0.410 e. The summed E-state index contributed by atoms with van der Waals surface area (Å²) in [7, 11) is 2.15. The van der Waals surface area contributed by atoms with Gasteiger partial charge in [0.15, 0.2) is 0 Å². The molecule has 3 aliphatic heterocycles. The number of hydrogen-bond acceptors (Lipinski definition) is 6. The summed E-state index contributed by atoms with van der Waals surface area (Å²) >= 11 is 0. The minimum absolute atomic E-state index is 0.130. The first-order chi connectivity index (χ1) is 14.2. The molecule has 0 saturated carbocycles. The lowest BCUT2D eigenvalue weighted by molar-refractivity contribution is 0.0518. The van der Waals surface area contributed by atoms with Crippen LogP contribution >= 0.6 is 0 Å². The van der Waals surface area contributed by atoms with Gasteiger partial charge in [-0.25, -0.2) is 14.8 Å². The highest BCUT2D eigenvalue weighted by molar-refractivity contribution is 5.87. The van der Waals surface area contributed by atoms with Gasteiger partial charge in [-0.2, -0.15) is 0 Å². The summed E-state index contributed by atoms with van der Waals surface area (Å²) in [5, 5.41) is 1.05. The number of aromatic amines is 1. The van der Waals surface area contributed by atoms with Crippen molar-refractivity contribution in [3.8, 4) is 0 Å². The summed E-state index contributed by atoms with van der Waals surface area (Å²) in [5.41, 5.74) is 0.864. The van der Waals surface area contributed by atoms with E-state index in [-0.39, 0.29) is 12.1 Å². The number of carbonyl (C=O) groups excluding carboxylic acids is 1. The van der Waals surface area contributed by atoms with Crippen LogP contribution in [-0.4, -0.2) is 82.8 Å². The molecule has 3 saturated heterocycles. The first-order valence-electron chi connectivity index (χ1n) is 10.9. The number of hydrogen-bond donors (Lipinski definition) is 1. The van der Waals surface area contributed by atoms with E-state index < -0.39 is 0 Å². The largest absolute Gasteiger partial charge is 0.449 e. The van der Waals surface area contributed by atoms with Crippen molar-refractivity contribution in [1.29, 1.82) is 0 Å². The van der Waals surface area contributed by atoms with Crippen LogP contribution in [0.4, 0.5) is 10.6 Å². The molecule has 8 heteroatoms. The number of nitrogens with zero attached hydrogens (tertiary/aromatic N) is 5. The van der Waals surface area contributed by atoms with Crippen LogP contribution in [0.5, 0.6) is 0 Å². The highest BCUT2D eigenvalue weighted by Crippen LogP contribution is 2.36. The molecule has 2 aromatic rings. The molecule has 156 valence electrons. The van der Waals surface area contributed by atoms with Crippen molar-refractivity contribution in [2.75, 3.05) is 44.7 Å². The number of rotatable bonds is 3. The van der Waals surface area contributed by atoms with Gasteiger partial charge in [-0.3, -0.25) is 0 Å². The number of fused-ring (bicyclic) bond motifs is 2. The van der Waals surface area contributed by atoms with E-state index in [1.54, 1.807) is 6.33 Å². The van der Waals surface area contributed by atoms with E-state index >= 15 is 0 Å². The third-order valence-corrected chi connectivity index (χ3v) is 6.93. The standard InChI is InChI=1S/C21H30N6O2/c1-25-10-5-15(6-11-25)13-29-21(28)27-9-2-3-17-18(27)7-12-26(17)20-16-4-8-22-19(16)23-14-24-20/h4,8,14-15,17-18H,2-3,5-7,9-13H2,1H3,(H,22,23,24)/t17-,18-/m1/s1.